The lowest BCUT2D eigenvalue weighted by Gasteiger charge is -2.34. The number of benzene rings is 1. The maximum absolute atomic E-state index is 10.5. The first kappa shape index (κ1) is 15.9. The van der Waals surface area contributed by atoms with Crippen LogP contribution in [0.3, 0.4) is 0 Å². The van der Waals surface area contributed by atoms with Gasteiger partial charge in [0, 0.05) is 6.42 Å². The van der Waals surface area contributed by atoms with Crippen LogP contribution < -0.4 is 14.2 Å². The Balaban J connectivity index is 2.28. The molecule has 0 aliphatic carbocycles. The minimum Gasteiger partial charge on any atom is -0.495 e. The van der Waals surface area contributed by atoms with E-state index in [0.717, 1.165) is 0 Å². The van der Waals surface area contributed by atoms with Gasteiger partial charge < -0.3 is 23.7 Å². The summed E-state index contributed by atoms with van der Waals surface area (Å²) in [6, 6.07) is 1.73. The molecule has 120 valence electrons. The monoisotopic (exact) mass is 366 g/mol. The minimum atomic E-state index is -1.69. The molecule has 0 saturated carbocycles. The van der Waals surface area contributed by atoms with Crippen LogP contribution in [0.1, 0.15) is 18.1 Å². The number of rotatable bonds is 2. The molecular weight excluding hydrogens is 355 g/mol. The van der Waals surface area contributed by atoms with Gasteiger partial charge in [0.05, 0.1) is 37.5 Å². The number of furan rings is 1. The molecule has 2 heterocycles. The summed E-state index contributed by atoms with van der Waals surface area (Å²) in [5, 5.41) is 11.2. The van der Waals surface area contributed by atoms with Crippen molar-refractivity contribution in [3.8, 4) is 17.2 Å². The summed E-state index contributed by atoms with van der Waals surface area (Å²) in [6.45, 7) is 0. The molecule has 0 saturated heterocycles. The highest BCUT2D eigenvalue weighted by atomic mass is 35.6. The maximum atomic E-state index is 10.5. The topological polar surface area (TPSA) is 61.1 Å². The third-order valence-electron chi connectivity index (χ3n) is 3.62. The van der Waals surface area contributed by atoms with E-state index >= 15 is 0 Å². The quantitative estimate of drug-likeness (QED) is 0.813. The first-order valence-electron chi connectivity index (χ1n) is 6.45. The molecule has 0 unspecified atom stereocenters. The van der Waals surface area contributed by atoms with Crippen LogP contribution in [-0.4, -0.2) is 29.2 Å². The van der Waals surface area contributed by atoms with Crippen molar-refractivity contribution in [2.24, 2.45) is 0 Å². The van der Waals surface area contributed by atoms with Crippen molar-refractivity contribution in [2.75, 3.05) is 14.2 Å². The van der Waals surface area contributed by atoms with Crippen LogP contribution in [0.25, 0.3) is 11.0 Å². The average Bonchev–Trinajstić information content (AvgIpc) is 2.92. The van der Waals surface area contributed by atoms with E-state index in [0.29, 0.717) is 28.0 Å². The lowest BCUT2D eigenvalue weighted by atomic mass is 9.96. The van der Waals surface area contributed by atoms with Gasteiger partial charge >= 0.3 is 0 Å². The molecule has 1 aliphatic heterocycles. The van der Waals surface area contributed by atoms with Crippen LogP contribution in [0.2, 0.25) is 0 Å². The summed E-state index contributed by atoms with van der Waals surface area (Å²) in [7, 11) is 2.97. The van der Waals surface area contributed by atoms with E-state index in [2.05, 4.69) is 0 Å². The van der Waals surface area contributed by atoms with Gasteiger partial charge in [-0.25, -0.2) is 0 Å². The van der Waals surface area contributed by atoms with Crippen LogP contribution in [0, 0.1) is 0 Å². The summed E-state index contributed by atoms with van der Waals surface area (Å²) in [5.74, 6) is 1.04. The average molecular weight is 368 g/mol. The molecule has 1 aliphatic rings. The second-order valence-electron chi connectivity index (χ2n) is 4.87. The van der Waals surface area contributed by atoms with Gasteiger partial charge in [-0.15, -0.1) is 0 Å². The second kappa shape index (κ2) is 5.57. The van der Waals surface area contributed by atoms with E-state index in [-0.39, 0.29) is 12.2 Å². The molecule has 1 aromatic carbocycles. The third kappa shape index (κ3) is 2.36. The number of aliphatic hydroxyl groups is 1. The van der Waals surface area contributed by atoms with Crippen molar-refractivity contribution in [1.82, 2.24) is 0 Å². The Labute approximate surface area is 141 Å². The molecule has 8 heteroatoms. The highest BCUT2D eigenvalue weighted by Crippen LogP contribution is 2.54. The predicted octanol–water partition coefficient (Wildman–Crippen LogP) is 4.00. The zero-order chi connectivity index (χ0) is 16.1. The first-order valence-corrected chi connectivity index (χ1v) is 7.58. The Morgan fingerprint density at radius 1 is 1.23 bits per heavy atom. The van der Waals surface area contributed by atoms with Gasteiger partial charge in [-0.1, -0.05) is 34.8 Å². The summed E-state index contributed by atoms with van der Waals surface area (Å²) < 4.78 is 20.3. The van der Waals surface area contributed by atoms with Crippen molar-refractivity contribution >= 4 is 45.8 Å². The lowest BCUT2D eigenvalue weighted by molar-refractivity contribution is 0.0632. The van der Waals surface area contributed by atoms with Crippen molar-refractivity contribution in [1.29, 1.82) is 0 Å². The standard InChI is InChI=1S/C14H13Cl3O5/c1-19-10-6-3-4-21-11(6)13(20-2)12-9(10)7(18)5-8(22-12)14(15,16)17/h3-4,7-8,18H,5H2,1-2H3/t7-,8-/m0/s1. The zero-order valence-electron chi connectivity index (χ0n) is 11.7. The zero-order valence-corrected chi connectivity index (χ0v) is 14.0. The van der Waals surface area contributed by atoms with Crippen molar-refractivity contribution in [3.63, 3.8) is 0 Å². The van der Waals surface area contributed by atoms with Crippen molar-refractivity contribution < 1.29 is 23.7 Å². The largest absolute Gasteiger partial charge is 0.495 e. The molecule has 0 spiro atoms. The minimum absolute atomic E-state index is 0.117. The molecule has 1 aromatic heterocycles. The SMILES string of the molecule is COc1c2c(c(OC)c3occc13)O[C@H](C(Cl)(Cl)Cl)C[C@@H]2O. The van der Waals surface area contributed by atoms with Gasteiger partial charge in [0.2, 0.25) is 9.54 Å². The summed E-state index contributed by atoms with van der Waals surface area (Å²) in [5.41, 5.74) is 0.897. The number of fused-ring (bicyclic) bond motifs is 2. The van der Waals surface area contributed by atoms with Gasteiger partial charge in [-0.2, -0.15) is 0 Å². The Morgan fingerprint density at radius 2 is 1.91 bits per heavy atom. The molecular formula is C14H13Cl3O5. The van der Waals surface area contributed by atoms with E-state index in [9.17, 15) is 5.11 Å². The fourth-order valence-corrected chi connectivity index (χ4v) is 3.07. The van der Waals surface area contributed by atoms with Gasteiger partial charge in [-0.05, 0) is 6.07 Å². The molecule has 3 rings (SSSR count). The fourth-order valence-electron chi connectivity index (χ4n) is 2.67. The number of halogens is 3. The number of hydrogen-bond donors (Lipinski definition) is 1. The Kier molecular flexibility index (Phi) is 4.01. The number of hydrogen-bond acceptors (Lipinski definition) is 5. The first-order chi connectivity index (χ1) is 10.4. The van der Waals surface area contributed by atoms with E-state index in [1.165, 1.54) is 20.5 Å². The number of alkyl halides is 3. The van der Waals surface area contributed by atoms with E-state index in [1.54, 1.807) is 6.07 Å². The van der Waals surface area contributed by atoms with Crippen LogP contribution in [0.15, 0.2) is 16.7 Å². The third-order valence-corrected chi connectivity index (χ3v) is 4.35. The van der Waals surface area contributed by atoms with Gasteiger partial charge in [-0.3, -0.25) is 0 Å². The molecule has 0 bridgehead atoms. The Hall–Kier alpha value is -1.01. The van der Waals surface area contributed by atoms with Crippen LogP contribution >= 0.6 is 34.8 Å². The van der Waals surface area contributed by atoms with Crippen molar-refractivity contribution in [2.45, 2.75) is 22.4 Å². The molecule has 22 heavy (non-hydrogen) atoms. The number of methoxy groups -OCH3 is 2. The molecule has 2 atom stereocenters. The molecule has 1 N–H and O–H groups in total. The van der Waals surface area contributed by atoms with Crippen molar-refractivity contribution in [3.05, 3.63) is 17.9 Å². The van der Waals surface area contributed by atoms with Crippen LogP contribution in [-0.2, 0) is 0 Å². The molecule has 0 radical (unpaired) electrons. The van der Waals surface area contributed by atoms with Crippen LogP contribution in [0.4, 0.5) is 0 Å². The fraction of sp³-hybridized carbons (Fsp3) is 0.429. The van der Waals surface area contributed by atoms with E-state index < -0.39 is 16.0 Å². The normalized spacial score (nSPS) is 21.4. The Bertz CT molecular complexity index is 707. The van der Waals surface area contributed by atoms with Gasteiger partial charge in [0.1, 0.15) is 11.9 Å². The van der Waals surface area contributed by atoms with Gasteiger partial charge in [0.25, 0.3) is 0 Å². The smallest absolute Gasteiger partial charge is 0.226 e. The van der Waals surface area contributed by atoms with Crippen LogP contribution in [0.5, 0.6) is 17.2 Å². The predicted molar refractivity (Wildman–Crippen MR) is 83.6 cm³/mol. The molecule has 0 amide bonds. The molecule has 5 nitrogen and oxygen atoms in total. The van der Waals surface area contributed by atoms with E-state index in [1.807, 2.05) is 0 Å². The summed E-state index contributed by atoms with van der Waals surface area (Å²) in [4.78, 5) is 0. The molecule has 0 fully saturated rings. The highest BCUT2D eigenvalue weighted by Gasteiger charge is 2.43. The lowest BCUT2D eigenvalue weighted by Crippen LogP contribution is -2.37. The number of aliphatic hydroxyl groups excluding tert-OH is 1. The summed E-state index contributed by atoms with van der Waals surface area (Å²) in [6.07, 6.45) is -0.134. The molecule has 2 aromatic rings. The Morgan fingerprint density at radius 3 is 2.50 bits per heavy atom. The second-order valence-corrected chi connectivity index (χ2v) is 7.24. The van der Waals surface area contributed by atoms with Gasteiger partial charge in [0.15, 0.2) is 11.3 Å². The maximum Gasteiger partial charge on any atom is 0.226 e. The van der Waals surface area contributed by atoms with E-state index in [4.69, 9.17) is 53.4 Å². The highest BCUT2D eigenvalue weighted by molar-refractivity contribution is 6.68. The number of ether oxygens (including phenoxy) is 3. The summed E-state index contributed by atoms with van der Waals surface area (Å²) >= 11 is 17.7.